The molecule has 1 saturated carbocycles. The van der Waals surface area contributed by atoms with Gasteiger partial charge in [0.05, 0.1) is 17.4 Å². The third-order valence-electron chi connectivity index (χ3n) is 4.49. The molecule has 1 aliphatic heterocycles. The normalized spacial score (nSPS) is 24.4. The van der Waals surface area contributed by atoms with Gasteiger partial charge in [-0.05, 0) is 31.7 Å². The lowest BCUT2D eigenvalue weighted by molar-refractivity contribution is -0.0599. The second-order valence-corrected chi connectivity index (χ2v) is 6.04. The predicted octanol–water partition coefficient (Wildman–Crippen LogP) is 2.26. The van der Waals surface area contributed by atoms with Gasteiger partial charge in [-0.15, -0.1) is 0 Å². The summed E-state index contributed by atoms with van der Waals surface area (Å²) in [6, 6.07) is 1.64. The molecule has 0 amide bonds. The molecule has 1 aromatic rings. The van der Waals surface area contributed by atoms with Crippen LogP contribution in [0.15, 0.2) is 12.3 Å². The Bertz CT molecular complexity index is 503. The van der Waals surface area contributed by atoms with Gasteiger partial charge >= 0.3 is 5.97 Å². The molecular formula is C15H22N2O3. The molecule has 1 atom stereocenters. The van der Waals surface area contributed by atoms with Crippen LogP contribution < -0.4 is 5.73 Å². The number of carbonyl (C=O) groups excluding carboxylic acids is 1. The summed E-state index contributed by atoms with van der Waals surface area (Å²) in [6.45, 7) is 0.339. The summed E-state index contributed by atoms with van der Waals surface area (Å²) in [5, 5.41) is 0. The predicted molar refractivity (Wildman–Crippen MR) is 75.4 cm³/mol. The van der Waals surface area contributed by atoms with Crippen molar-refractivity contribution in [1.82, 2.24) is 4.57 Å². The Morgan fingerprint density at radius 2 is 2.25 bits per heavy atom. The van der Waals surface area contributed by atoms with Gasteiger partial charge in [-0.3, -0.25) is 0 Å². The summed E-state index contributed by atoms with van der Waals surface area (Å²) in [6.07, 6.45) is 8.68. The molecule has 3 rings (SSSR count). The van der Waals surface area contributed by atoms with Gasteiger partial charge in [-0.1, -0.05) is 12.8 Å². The van der Waals surface area contributed by atoms with E-state index in [9.17, 15) is 4.79 Å². The Labute approximate surface area is 119 Å². The molecule has 20 heavy (non-hydrogen) atoms. The minimum atomic E-state index is -0.333. The number of anilines is 1. The van der Waals surface area contributed by atoms with Gasteiger partial charge in [0.1, 0.15) is 12.3 Å². The van der Waals surface area contributed by atoms with Crippen molar-refractivity contribution in [3.8, 4) is 0 Å². The Kier molecular flexibility index (Phi) is 3.46. The van der Waals surface area contributed by atoms with Crippen molar-refractivity contribution >= 4 is 11.7 Å². The average molecular weight is 278 g/mol. The number of nitrogens with zero attached hydrogens (tertiary/aromatic N) is 1. The molecule has 5 heteroatoms. The van der Waals surface area contributed by atoms with Gasteiger partial charge in [0, 0.05) is 13.2 Å². The van der Waals surface area contributed by atoms with E-state index < -0.39 is 0 Å². The maximum absolute atomic E-state index is 12.0. The molecule has 2 aliphatic rings. The standard InChI is InChI=1S/C15H22N2O3/c1-17-9-11(16)8-13(17)14(18)19-10-12-4-7-15(20-12)5-2-3-6-15/h8-9,12H,2-7,10,16H2,1H3. The van der Waals surface area contributed by atoms with Crippen molar-refractivity contribution in [2.24, 2.45) is 7.05 Å². The zero-order valence-electron chi connectivity index (χ0n) is 11.9. The number of ether oxygens (including phenoxy) is 2. The molecule has 1 spiro atoms. The summed E-state index contributed by atoms with van der Waals surface area (Å²) in [5.74, 6) is -0.333. The van der Waals surface area contributed by atoms with Crippen LogP contribution in [0.1, 0.15) is 49.0 Å². The van der Waals surface area contributed by atoms with E-state index in [0.29, 0.717) is 18.0 Å². The second kappa shape index (κ2) is 5.13. The summed E-state index contributed by atoms with van der Waals surface area (Å²) < 4.78 is 13.2. The van der Waals surface area contributed by atoms with Crippen molar-refractivity contribution in [1.29, 1.82) is 0 Å². The van der Waals surface area contributed by atoms with Crippen LogP contribution in [0.5, 0.6) is 0 Å². The highest BCUT2D eigenvalue weighted by Gasteiger charge is 2.42. The minimum absolute atomic E-state index is 0.0506. The molecular weight excluding hydrogens is 256 g/mol. The van der Waals surface area contributed by atoms with Crippen molar-refractivity contribution in [3.63, 3.8) is 0 Å². The maximum atomic E-state index is 12.0. The van der Waals surface area contributed by atoms with Gasteiger partial charge in [0.25, 0.3) is 0 Å². The number of nitrogens with two attached hydrogens (primary N) is 1. The molecule has 1 saturated heterocycles. The highest BCUT2D eigenvalue weighted by molar-refractivity contribution is 5.89. The number of hydrogen-bond donors (Lipinski definition) is 1. The number of esters is 1. The van der Waals surface area contributed by atoms with E-state index in [2.05, 4.69) is 0 Å². The highest BCUT2D eigenvalue weighted by Crippen LogP contribution is 2.43. The molecule has 1 unspecified atom stereocenters. The fourth-order valence-electron chi connectivity index (χ4n) is 3.44. The van der Waals surface area contributed by atoms with Crippen LogP contribution >= 0.6 is 0 Å². The number of aromatic nitrogens is 1. The topological polar surface area (TPSA) is 66.5 Å². The van der Waals surface area contributed by atoms with Crippen LogP contribution in [-0.4, -0.2) is 28.8 Å². The van der Waals surface area contributed by atoms with E-state index >= 15 is 0 Å². The Balaban J connectivity index is 1.53. The first-order valence-electron chi connectivity index (χ1n) is 7.35. The van der Waals surface area contributed by atoms with Gasteiger partial charge in [-0.25, -0.2) is 4.79 Å². The average Bonchev–Trinajstić information content (AvgIpc) is 3.10. The van der Waals surface area contributed by atoms with Crippen LogP contribution in [0, 0.1) is 0 Å². The fraction of sp³-hybridized carbons (Fsp3) is 0.667. The van der Waals surface area contributed by atoms with E-state index in [4.69, 9.17) is 15.2 Å². The van der Waals surface area contributed by atoms with Crippen LogP contribution in [0.25, 0.3) is 0 Å². The fourth-order valence-corrected chi connectivity index (χ4v) is 3.44. The lowest BCUT2D eigenvalue weighted by Gasteiger charge is -2.23. The van der Waals surface area contributed by atoms with Crippen molar-refractivity contribution in [2.75, 3.05) is 12.3 Å². The van der Waals surface area contributed by atoms with Crippen LogP contribution in [0.4, 0.5) is 5.69 Å². The highest BCUT2D eigenvalue weighted by atomic mass is 16.6. The number of hydrogen-bond acceptors (Lipinski definition) is 4. The third-order valence-corrected chi connectivity index (χ3v) is 4.49. The van der Waals surface area contributed by atoms with Crippen LogP contribution in [0.3, 0.4) is 0 Å². The summed E-state index contributed by atoms with van der Waals surface area (Å²) in [4.78, 5) is 12.0. The smallest absolute Gasteiger partial charge is 0.355 e. The van der Waals surface area contributed by atoms with E-state index in [1.54, 1.807) is 23.9 Å². The van der Waals surface area contributed by atoms with Gasteiger partial charge in [0.2, 0.25) is 0 Å². The second-order valence-electron chi connectivity index (χ2n) is 6.04. The minimum Gasteiger partial charge on any atom is -0.458 e. The zero-order chi connectivity index (χ0) is 14.2. The zero-order valence-corrected chi connectivity index (χ0v) is 11.9. The van der Waals surface area contributed by atoms with Crippen molar-refractivity contribution in [3.05, 3.63) is 18.0 Å². The van der Waals surface area contributed by atoms with Crippen LogP contribution in [-0.2, 0) is 16.5 Å². The molecule has 0 radical (unpaired) electrons. The quantitative estimate of drug-likeness (QED) is 0.861. The largest absolute Gasteiger partial charge is 0.458 e. The molecule has 110 valence electrons. The third kappa shape index (κ3) is 2.54. The first-order valence-corrected chi connectivity index (χ1v) is 7.35. The van der Waals surface area contributed by atoms with E-state index in [1.807, 2.05) is 0 Å². The van der Waals surface area contributed by atoms with Gasteiger partial charge in [-0.2, -0.15) is 0 Å². The summed E-state index contributed by atoms with van der Waals surface area (Å²) >= 11 is 0. The Morgan fingerprint density at radius 3 is 2.90 bits per heavy atom. The molecule has 1 aliphatic carbocycles. The first-order chi connectivity index (χ1) is 9.58. The number of nitrogen functional groups attached to an aromatic ring is 1. The maximum Gasteiger partial charge on any atom is 0.355 e. The summed E-state index contributed by atoms with van der Waals surface area (Å²) in [5.41, 5.74) is 6.80. The van der Waals surface area contributed by atoms with Gasteiger partial charge < -0.3 is 19.8 Å². The molecule has 2 N–H and O–H groups in total. The monoisotopic (exact) mass is 278 g/mol. The van der Waals surface area contributed by atoms with E-state index in [0.717, 1.165) is 25.7 Å². The molecule has 0 aromatic carbocycles. The lowest BCUT2D eigenvalue weighted by Crippen LogP contribution is -2.27. The Hall–Kier alpha value is -1.49. The summed E-state index contributed by atoms with van der Waals surface area (Å²) in [7, 11) is 1.78. The number of carbonyl (C=O) groups is 1. The SMILES string of the molecule is Cn1cc(N)cc1C(=O)OCC1CCC2(CCCC2)O1. The molecule has 2 heterocycles. The van der Waals surface area contributed by atoms with Crippen molar-refractivity contribution < 1.29 is 14.3 Å². The van der Waals surface area contributed by atoms with Crippen molar-refractivity contribution in [2.45, 2.75) is 50.2 Å². The molecule has 5 nitrogen and oxygen atoms in total. The lowest BCUT2D eigenvalue weighted by atomic mass is 9.98. The first kappa shape index (κ1) is 13.5. The molecule has 1 aromatic heterocycles. The number of aryl methyl sites for hydroxylation is 1. The van der Waals surface area contributed by atoms with Crippen LogP contribution in [0.2, 0.25) is 0 Å². The molecule has 2 fully saturated rings. The molecule has 0 bridgehead atoms. The Morgan fingerprint density at radius 1 is 1.50 bits per heavy atom. The van der Waals surface area contributed by atoms with E-state index in [1.165, 1.54) is 12.8 Å². The number of rotatable bonds is 3. The van der Waals surface area contributed by atoms with E-state index in [-0.39, 0.29) is 17.7 Å². The van der Waals surface area contributed by atoms with Gasteiger partial charge in [0.15, 0.2) is 0 Å².